The van der Waals surface area contributed by atoms with Crippen LogP contribution in [0.5, 0.6) is 0 Å². The summed E-state index contributed by atoms with van der Waals surface area (Å²) in [6.07, 6.45) is 4.22. The normalized spacial score (nSPS) is 14.5. The first-order valence-electron chi connectivity index (χ1n) is 10.6. The van der Waals surface area contributed by atoms with Crippen molar-refractivity contribution in [3.63, 3.8) is 0 Å². The van der Waals surface area contributed by atoms with Crippen LogP contribution in [0.4, 0.5) is 15.2 Å². The van der Waals surface area contributed by atoms with E-state index in [4.69, 9.17) is 4.74 Å². The molecule has 0 atom stereocenters. The van der Waals surface area contributed by atoms with Crippen LogP contribution < -0.4 is 10.2 Å². The maximum absolute atomic E-state index is 14.2. The number of methoxy groups -OCH3 is 1. The van der Waals surface area contributed by atoms with Crippen LogP contribution in [0, 0.1) is 11.7 Å². The molecule has 0 bridgehead atoms. The van der Waals surface area contributed by atoms with E-state index in [1.807, 2.05) is 0 Å². The summed E-state index contributed by atoms with van der Waals surface area (Å²) in [6, 6.07) is 5.99. The number of nitrogens with zero attached hydrogens (tertiary/aromatic N) is 3. The summed E-state index contributed by atoms with van der Waals surface area (Å²) in [5.41, 5.74) is 0.624. The average Bonchev–Trinajstić information content (AvgIpc) is 3.27. The highest BCUT2D eigenvalue weighted by Gasteiger charge is 2.26. The first-order valence-corrected chi connectivity index (χ1v) is 11.5. The van der Waals surface area contributed by atoms with Gasteiger partial charge in [0.1, 0.15) is 5.82 Å². The van der Waals surface area contributed by atoms with Crippen LogP contribution >= 0.6 is 11.3 Å². The zero-order chi connectivity index (χ0) is 23.8. The molecular formula is C23H27FN4O4S. The number of nitrogens with one attached hydrogen (secondary N) is 1. The van der Waals surface area contributed by atoms with Crippen LogP contribution in [0.1, 0.15) is 25.5 Å². The summed E-state index contributed by atoms with van der Waals surface area (Å²) < 4.78 is 19.1. The molecule has 1 aliphatic heterocycles. The average molecular weight is 475 g/mol. The van der Waals surface area contributed by atoms with Gasteiger partial charge >= 0.3 is 0 Å². The van der Waals surface area contributed by atoms with Gasteiger partial charge in [-0.05, 0) is 31.1 Å². The number of hydrogen-bond acceptors (Lipinski definition) is 6. The van der Waals surface area contributed by atoms with E-state index in [9.17, 15) is 18.8 Å². The van der Waals surface area contributed by atoms with E-state index in [1.54, 1.807) is 35.6 Å². The van der Waals surface area contributed by atoms with Crippen molar-refractivity contribution in [3.8, 4) is 0 Å². The van der Waals surface area contributed by atoms with Gasteiger partial charge in [0, 0.05) is 51.0 Å². The molecule has 0 aliphatic carbocycles. The minimum absolute atomic E-state index is 0.00503. The van der Waals surface area contributed by atoms with Crippen molar-refractivity contribution in [1.29, 1.82) is 0 Å². The van der Waals surface area contributed by atoms with Crippen molar-refractivity contribution in [1.82, 2.24) is 15.2 Å². The van der Waals surface area contributed by atoms with E-state index in [1.165, 1.54) is 41.4 Å². The van der Waals surface area contributed by atoms with E-state index >= 15 is 0 Å². The lowest BCUT2D eigenvalue weighted by Gasteiger charge is -2.30. The molecule has 8 nitrogen and oxygen atoms in total. The van der Waals surface area contributed by atoms with Crippen molar-refractivity contribution < 1.29 is 23.5 Å². The molecule has 3 rings (SSSR count). The first-order chi connectivity index (χ1) is 15.9. The Morgan fingerprint density at radius 1 is 1.30 bits per heavy atom. The van der Waals surface area contributed by atoms with Gasteiger partial charge in [-0.25, -0.2) is 9.37 Å². The Labute approximate surface area is 196 Å². The van der Waals surface area contributed by atoms with Crippen LogP contribution in [0.2, 0.25) is 0 Å². The third-order valence-corrected chi connectivity index (χ3v) is 6.13. The fourth-order valence-electron chi connectivity index (χ4n) is 3.54. The van der Waals surface area contributed by atoms with Gasteiger partial charge in [-0.3, -0.25) is 19.3 Å². The van der Waals surface area contributed by atoms with E-state index in [2.05, 4.69) is 10.3 Å². The zero-order valence-corrected chi connectivity index (χ0v) is 19.4. The quantitative estimate of drug-likeness (QED) is 0.469. The number of carbonyl (C=O) groups excluding carboxylic acids is 3. The minimum atomic E-state index is -0.522. The summed E-state index contributed by atoms with van der Waals surface area (Å²) in [7, 11) is 1.58. The zero-order valence-electron chi connectivity index (χ0n) is 18.6. The van der Waals surface area contributed by atoms with Crippen molar-refractivity contribution in [2.75, 3.05) is 38.3 Å². The minimum Gasteiger partial charge on any atom is -0.383 e. The number of para-hydroxylation sites is 1. The summed E-state index contributed by atoms with van der Waals surface area (Å²) in [6.45, 7) is 3.29. The van der Waals surface area contributed by atoms with Gasteiger partial charge in [-0.15, -0.1) is 11.3 Å². The number of anilines is 2. The number of benzene rings is 1. The SMILES string of the molecule is COCCNC(=O)C1CCN(C(=O)/C=C/c2csc(N(C(C)=O)c3ccccc3F)n2)CC1. The van der Waals surface area contributed by atoms with Gasteiger partial charge < -0.3 is 15.0 Å². The van der Waals surface area contributed by atoms with Crippen LogP contribution in [0.3, 0.4) is 0 Å². The Morgan fingerprint density at radius 2 is 2.03 bits per heavy atom. The molecule has 0 unspecified atom stereocenters. The second-order valence-corrected chi connectivity index (χ2v) is 8.41. The summed E-state index contributed by atoms with van der Waals surface area (Å²) in [5, 5.41) is 4.86. The third-order valence-electron chi connectivity index (χ3n) is 5.29. The number of carbonyl (C=O) groups is 3. The van der Waals surface area contributed by atoms with Gasteiger partial charge in [-0.1, -0.05) is 12.1 Å². The number of amides is 3. The third kappa shape index (κ3) is 6.45. The van der Waals surface area contributed by atoms with Gasteiger partial charge in [0.05, 0.1) is 18.0 Å². The molecule has 1 aromatic heterocycles. The smallest absolute Gasteiger partial charge is 0.246 e. The Hall–Kier alpha value is -3.11. The Kier molecular flexibility index (Phi) is 8.67. The van der Waals surface area contributed by atoms with E-state index in [0.29, 0.717) is 49.9 Å². The summed E-state index contributed by atoms with van der Waals surface area (Å²) >= 11 is 1.19. The molecule has 3 amide bonds. The molecule has 1 fully saturated rings. The summed E-state index contributed by atoms with van der Waals surface area (Å²) in [5.74, 6) is -1.16. The van der Waals surface area contributed by atoms with Gasteiger partial charge in [0.15, 0.2) is 5.13 Å². The number of rotatable bonds is 8. The first kappa shape index (κ1) is 24.5. The number of piperidine rings is 1. The van der Waals surface area contributed by atoms with E-state index < -0.39 is 5.82 Å². The lowest BCUT2D eigenvalue weighted by molar-refractivity contribution is -0.132. The van der Waals surface area contributed by atoms with Crippen LogP contribution in [-0.4, -0.2) is 61.0 Å². The molecular weight excluding hydrogens is 447 g/mol. The molecule has 1 aromatic carbocycles. The monoisotopic (exact) mass is 474 g/mol. The Balaban J connectivity index is 1.58. The van der Waals surface area contributed by atoms with Crippen LogP contribution in [-0.2, 0) is 19.1 Å². The Morgan fingerprint density at radius 3 is 2.70 bits per heavy atom. The van der Waals surface area contributed by atoms with Crippen LogP contribution in [0.15, 0.2) is 35.7 Å². The predicted octanol–water partition coefficient (Wildman–Crippen LogP) is 2.98. The molecule has 0 spiro atoms. The number of hydrogen-bond donors (Lipinski definition) is 1. The second-order valence-electron chi connectivity index (χ2n) is 7.58. The molecule has 176 valence electrons. The van der Waals surface area contributed by atoms with Crippen molar-refractivity contribution >= 4 is 46.0 Å². The highest BCUT2D eigenvalue weighted by molar-refractivity contribution is 7.14. The van der Waals surface area contributed by atoms with Gasteiger partial charge in [-0.2, -0.15) is 0 Å². The summed E-state index contributed by atoms with van der Waals surface area (Å²) in [4.78, 5) is 44.1. The highest BCUT2D eigenvalue weighted by Crippen LogP contribution is 2.31. The second kappa shape index (κ2) is 11.7. The molecule has 2 aromatic rings. The largest absolute Gasteiger partial charge is 0.383 e. The van der Waals surface area contributed by atoms with E-state index in [-0.39, 0.29) is 29.3 Å². The van der Waals surface area contributed by atoms with Crippen molar-refractivity contribution in [3.05, 3.63) is 47.2 Å². The maximum Gasteiger partial charge on any atom is 0.246 e. The molecule has 10 heteroatoms. The van der Waals surface area contributed by atoms with Crippen molar-refractivity contribution in [2.45, 2.75) is 19.8 Å². The van der Waals surface area contributed by atoms with E-state index in [0.717, 1.165) is 0 Å². The lowest BCUT2D eigenvalue weighted by atomic mass is 9.96. The Bertz CT molecular complexity index is 1020. The molecule has 2 heterocycles. The maximum atomic E-state index is 14.2. The predicted molar refractivity (Wildman–Crippen MR) is 125 cm³/mol. The molecule has 1 N–H and O–H groups in total. The molecule has 33 heavy (non-hydrogen) atoms. The fraction of sp³-hybridized carbons (Fsp3) is 0.391. The molecule has 1 aliphatic rings. The fourth-order valence-corrected chi connectivity index (χ4v) is 4.39. The number of aromatic nitrogens is 1. The number of ether oxygens (including phenoxy) is 1. The number of halogens is 1. The highest BCUT2D eigenvalue weighted by atomic mass is 32.1. The lowest BCUT2D eigenvalue weighted by Crippen LogP contribution is -2.43. The van der Waals surface area contributed by atoms with Gasteiger partial charge in [0.2, 0.25) is 17.7 Å². The molecule has 1 saturated heterocycles. The molecule has 0 radical (unpaired) electrons. The standard InChI is InChI=1S/C23H27FN4O4S/c1-16(29)28(20-6-4-3-5-19(20)24)23-26-18(15-33-23)7-8-21(30)27-12-9-17(10-13-27)22(31)25-11-14-32-2/h3-8,15,17H,9-14H2,1-2H3,(H,25,31)/b8-7+. The number of thiazole rings is 1. The van der Waals surface area contributed by atoms with Gasteiger partial charge in [0.25, 0.3) is 0 Å². The number of likely N-dealkylation sites (tertiary alicyclic amines) is 1. The molecule has 0 saturated carbocycles. The topological polar surface area (TPSA) is 91.8 Å². The van der Waals surface area contributed by atoms with Crippen LogP contribution in [0.25, 0.3) is 6.08 Å². The van der Waals surface area contributed by atoms with Crippen molar-refractivity contribution in [2.24, 2.45) is 5.92 Å².